The van der Waals surface area contributed by atoms with Crippen molar-refractivity contribution in [3.8, 4) is 11.1 Å². The number of benzene rings is 2. The molecule has 4 rings (SSSR count). The van der Waals surface area contributed by atoms with Crippen molar-refractivity contribution in [3.05, 3.63) is 72.3 Å². The molecule has 3 aromatic rings. The number of imidazole rings is 1. The van der Waals surface area contributed by atoms with Crippen LogP contribution in [0.1, 0.15) is 16.2 Å². The predicted molar refractivity (Wildman–Crippen MR) is 127 cm³/mol. The van der Waals surface area contributed by atoms with Gasteiger partial charge in [0.1, 0.15) is 5.82 Å². The number of rotatable bonds is 6. The Balaban J connectivity index is 1.73. The van der Waals surface area contributed by atoms with Crippen LogP contribution in [-0.2, 0) is 23.6 Å². The molecular weight excluding hydrogens is 444 g/mol. The molecule has 1 aromatic heterocycles. The maximum absolute atomic E-state index is 13.4. The van der Waals surface area contributed by atoms with Crippen molar-refractivity contribution in [2.45, 2.75) is 11.4 Å². The minimum atomic E-state index is -3.70. The van der Waals surface area contributed by atoms with Gasteiger partial charge in [-0.3, -0.25) is 4.79 Å². The van der Waals surface area contributed by atoms with Gasteiger partial charge >= 0.3 is 0 Å². The van der Waals surface area contributed by atoms with E-state index in [1.54, 1.807) is 42.0 Å². The Kier molecular flexibility index (Phi) is 6.68. The van der Waals surface area contributed by atoms with Gasteiger partial charge in [-0.1, -0.05) is 30.3 Å². The zero-order valence-electron chi connectivity index (χ0n) is 18.1. The van der Waals surface area contributed by atoms with Crippen molar-refractivity contribution in [1.29, 1.82) is 0 Å². The summed E-state index contributed by atoms with van der Waals surface area (Å²) in [7, 11) is -0.128. The first-order valence-corrected chi connectivity index (χ1v) is 13.0. The number of hydrogen-bond donors (Lipinski definition) is 0. The largest absolute Gasteiger partial charge is 0.337 e. The SMILES string of the molecule is CN(Cc1nccn1C)C(=O)c1cc(-c2ccccc2)cc(S(=O)(=O)N2CCSCC2)c1. The molecule has 2 heterocycles. The standard InChI is InChI=1S/C23H26N4O3S2/c1-25-9-8-24-22(25)17-26(2)23(28)20-14-19(18-6-4-3-5-7-18)15-21(16-20)32(29,30)27-10-12-31-13-11-27/h3-9,14-16H,10-13,17H2,1-2H3. The molecule has 7 nitrogen and oxygen atoms in total. The predicted octanol–water partition coefficient (Wildman–Crippen LogP) is 3.10. The van der Waals surface area contributed by atoms with E-state index < -0.39 is 10.0 Å². The highest BCUT2D eigenvalue weighted by Gasteiger charge is 2.28. The van der Waals surface area contributed by atoms with Crippen LogP contribution in [0.2, 0.25) is 0 Å². The number of sulfonamides is 1. The van der Waals surface area contributed by atoms with Gasteiger partial charge in [-0.05, 0) is 29.3 Å². The van der Waals surface area contributed by atoms with Crippen molar-refractivity contribution in [3.63, 3.8) is 0 Å². The smallest absolute Gasteiger partial charge is 0.254 e. The first kappa shape index (κ1) is 22.6. The summed E-state index contributed by atoms with van der Waals surface area (Å²) >= 11 is 1.75. The third-order valence-electron chi connectivity index (χ3n) is 5.51. The molecule has 9 heteroatoms. The molecular formula is C23H26N4O3S2. The molecule has 1 aliphatic rings. The number of thioether (sulfide) groups is 1. The lowest BCUT2D eigenvalue weighted by Gasteiger charge is -2.26. The molecule has 0 N–H and O–H groups in total. The van der Waals surface area contributed by atoms with E-state index in [1.165, 1.54) is 10.4 Å². The van der Waals surface area contributed by atoms with Crippen LogP contribution in [0.3, 0.4) is 0 Å². The van der Waals surface area contributed by atoms with Crippen molar-refractivity contribution >= 4 is 27.7 Å². The number of carbonyl (C=O) groups is 1. The average Bonchev–Trinajstić information content (AvgIpc) is 3.23. The third-order valence-corrected chi connectivity index (χ3v) is 8.33. The van der Waals surface area contributed by atoms with E-state index in [4.69, 9.17) is 0 Å². The molecule has 0 spiro atoms. The third kappa shape index (κ3) is 4.74. The van der Waals surface area contributed by atoms with E-state index in [0.29, 0.717) is 30.8 Å². The Morgan fingerprint density at radius 3 is 2.47 bits per heavy atom. The zero-order valence-corrected chi connectivity index (χ0v) is 19.8. The van der Waals surface area contributed by atoms with Gasteiger partial charge in [-0.2, -0.15) is 16.1 Å². The summed E-state index contributed by atoms with van der Waals surface area (Å²) in [5.41, 5.74) is 1.90. The fraction of sp³-hybridized carbons (Fsp3) is 0.304. The Bertz CT molecular complexity index is 1200. The molecule has 0 bridgehead atoms. The van der Waals surface area contributed by atoms with Gasteiger partial charge in [0, 0.05) is 56.6 Å². The van der Waals surface area contributed by atoms with E-state index in [9.17, 15) is 13.2 Å². The fourth-order valence-electron chi connectivity index (χ4n) is 3.66. The maximum atomic E-state index is 13.4. The second-order valence-corrected chi connectivity index (χ2v) is 10.9. The van der Waals surface area contributed by atoms with Crippen LogP contribution < -0.4 is 0 Å². The normalized spacial score (nSPS) is 14.9. The van der Waals surface area contributed by atoms with E-state index in [-0.39, 0.29) is 10.8 Å². The molecule has 0 atom stereocenters. The van der Waals surface area contributed by atoms with Gasteiger partial charge in [0.25, 0.3) is 5.91 Å². The molecule has 2 aromatic carbocycles. The molecule has 0 radical (unpaired) electrons. The lowest BCUT2D eigenvalue weighted by molar-refractivity contribution is 0.0780. The Hall–Kier alpha value is -2.62. The number of hydrogen-bond acceptors (Lipinski definition) is 5. The molecule has 0 aliphatic carbocycles. The molecule has 1 saturated heterocycles. The fourth-order valence-corrected chi connectivity index (χ4v) is 6.31. The summed E-state index contributed by atoms with van der Waals surface area (Å²) in [4.78, 5) is 19.3. The van der Waals surface area contributed by atoms with Crippen LogP contribution in [0.15, 0.2) is 65.8 Å². The summed E-state index contributed by atoms with van der Waals surface area (Å²) < 4.78 is 30.2. The molecule has 1 fully saturated rings. The first-order chi connectivity index (χ1) is 15.4. The Labute approximate surface area is 193 Å². The topological polar surface area (TPSA) is 75.5 Å². The van der Waals surface area contributed by atoms with Crippen LogP contribution in [0.25, 0.3) is 11.1 Å². The van der Waals surface area contributed by atoms with Crippen LogP contribution in [-0.4, -0.2) is 64.7 Å². The molecule has 1 amide bonds. The van der Waals surface area contributed by atoms with Gasteiger partial charge in [-0.25, -0.2) is 13.4 Å². The lowest BCUT2D eigenvalue weighted by atomic mass is 10.0. The first-order valence-electron chi connectivity index (χ1n) is 10.4. The summed E-state index contributed by atoms with van der Waals surface area (Å²) in [6, 6.07) is 14.5. The minimum Gasteiger partial charge on any atom is -0.337 e. The van der Waals surface area contributed by atoms with Crippen LogP contribution in [0.4, 0.5) is 0 Å². The van der Waals surface area contributed by atoms with Crippen LogP contribution >= 0.6 is 11.8 Å². The van der Waals surface area contributed by atoms with Gasteiger partial charge in [0.15, 0.2) is 0 Å². The lowest BCUT2D eigenvalue weighted by Crippen LogP contribution is -2.38. The maximum Gasteiger partial charge on any atom is 0.254 e. The molecule has 0 unspecified atom stereocenters. The summed E-state index contributed by atoms with van der Waals surface area (Å²) in [5, 5.41) is 0. The van der Waals surface area contributed by atoms with Crippen molar-refractivity contribution in [2.75, 3.05) is 31.6 Å². The van der Waals surface area contributed by atoms with Gasteiger partial charge in [0.2, 0.25) is 10.0 Å². The highest BCUT2D eigenvalue weighted by molar-refractivity contribution is 7.99. The monoisotopic (exact) mass is 470 g/mol. The van der Waals surface area contributed by atoms with Gasteiger partial charge < -0.3 is 9.47 Å². The van der Waals surface area contributed by atoms with Gasteiger partial charge in [-0.15, -0.1) is 0 Å². The Morgan fingerprint density at radius 2 is 1.81 bits per heavy atom. The molecule has 0 saturated carbocycles. The van der Waals surface area contributed by atoms with Gasteiger partial charge in [0.05, 0.1) is 11.4 Å². The van der Waals surface area contributed by atoms with E-state index in [0.717, 1.165) is 22.9 Å². The molecule has 1 aliphatic heterocycles. The van der Waals surface area contributed by atoms with Crippen molar-refractivity contribution in [2.24, 2.45) is 7.05 Å². The number of carbonyl (C=O) groups excluding carboxylic acids is 1. The average molecular weight is 471 g/mol. The van der Waals surface area contributed by atoms with E-state index in [2.05, 4.69) is 4.98 Å². The number of amides is 1. The minimum absolute atomic E-state index is 0.152. The Morgan fingerprint density at radius 1 is 1.09 bits per heavy atom. The second kappa shape index (κ2) is 9.48. The number of nitrogens with zero attached hydrogens (tertiary/aromatic N) is 4. The summed E-state index contributed by atoms with van der Waals surface area (Å²) in [6.45, 7) is 1.28. The zero-order chi connectivity index (χ0) is 22.7. The van der Waals surface area contributed by atoms with Crippen LogP contribution in [0.5, 0.6) is 0 Å². The summed E-state index contributed by atoms with van der Waals surface area (Å²) in [6.07, 6.45) is 3.51. The molecule has 32 heavy (non-hydrogen) atoms. The van der Waals surface area contributed by atoms with E-state index >= 15 is 0 Å². The molecule has 168 valence electrons. The van der Waals surface area contributed by atoms with Crippen molar-refractivity contribution < 1.29 is 13.2 Å². The van der Waals surface area contributed by atoms with Crippen LogP contribution in [0, 0.1) is 0 Å². The van der Waals surface area contributed by atoms with Crippen molar-refractivity contribution in [1.82, 2.24) is 18.8 Å². The highest BCUT2D eigenvalue weighted by Crippen LogP contribution is 2.28. The summed E-state index contributed by atoms with van der Waals surface area (Å²) in [5.74, 6) is 2.04. The quantitative estimate of drug-likeness (QED) is 0.553. The van der Waals surface area contributed by atoms with E-state index in [1.807, 2.05) is 48.1 Å². The second-order valence-electron chi connectivity index (χ2n) is 7.74. The number of aryl methyl sites for hydroxylation is 1. The number of aromatic nitrogens is 2. The highest BCUT2D eigenvalue weighted by atomic mass is 32.2.